The normalized spacial score (nSPS) is 10.3. The number of aromatic nitrogens is 2. The Balaban J connectivity index is 2.12. The van der Waals surface area contributed by atoms with Crippen molar-refractivity contribution in [2.45, 2.75) is 6.42 Å². The highest BCUT2D eigenvalue weighted by Gasteiger charge is 2.14. The molecule has 3 N–H and O–H groups in total. The number of carbonyl (C=O) groups excluding carboxylic acids is 1. The molecule has 1 aromatic carbocycles. The summed E-state index contributed by atoms with van der Waals surface area (Å²) in [7, 11) is 1.71. The number of halogens is 1. The molecule has 2 rings (SSSR count). The number of carbonyl (C=O) groups is 1. The first-order chi connectivity index (χ1) is 9.47. The Morgan fingerprint density at radius 1 is 1.55 bits per heavy atom. The van der Waals surface area contributed by atoms with Crippen LogP contribution in [-0.2, 0) is 18.3 Å². The lowest BCUT2D eigenvalue weighted by Gasteiger charge is -2.08. The van der Waals surface area contributed by atoms with Gasteiger partial charge in [0.05, 0.1) is 18.2 Å². The van der Waals surface area contributed by atoms with Gasteiger partial charge in [-0.2, -0.15) is 5.10 Å². The van der Waals surface area contributed by atoms with E-state index in [-0.39, 0.29) is 17.3 Å². The highest BCUT2D eigenvalue weighted by molar-refractivity contribution is 7.80. The number of nitrogens with one attached hydrogen (secondary N) is 1. The zero-order chi connectivity index (χ0) is 14.7. The standard InChI is InChI=1S/C13H13ClN4OS/c1-18-13(10(7-16-18)12(15)20)17-11(19)6-8-3-2-4-9(14)5-8/h2-5,7H,6H2,1H3,(H2,15,20)(H,17,19). The van der Waals surface area contributed by atoms with Gasteiger partial charge in [0.25, 0.3) is 0 Å². The average Bonchev–Trinajstić information content (AvgIpc) is 2.71. The number of nitrogens with zero attached hydrogens (tertiary/aromatic N) is 2. The van der Waals surface area contributed by atoms with Crippen molar-refractivity contribution in [3.8, 4) is 0 Å². The van der Waals surface area contributed by atoms with Crippen LogP contribution in [-0.4, -0.2) is 20.7 Å². The van der Waals surface area contributed by atoms with Crippen molar-refractivity contribution >= 4 is 40.5 Å². The molecule has 0 atom stereocenters. The highest BCUT2D eigenvalue weighted by Crippen LogP contribution is 2.15. The van der Waals surface area contributed by atoms with Crippen LogP contribution in [0.3, 0.4) is 0 Å². The zero-order valence-corrected chi connectivity index (χ0v) is 12.3. The van der Waals surface area contributed by atoms with Gasteiger partial charge in [0.15, 0.2) is 0 Å². The molecular weight excluding hydrogens is 296 g/mol. The van der Waals surface area contributed by atoms with Gasteiger partial charge in [-0.1, -0.05) is 36.0 Å². The van der Waals surface area contributed by atoms with Crippen LogP contribution >= 0.6 is 23.8 Å². The Hall–Kier alpha value is -1.92. The molecule has 0 bridgehead atoms. The summed E-state index contributed by atoms with van der Waals surface area (Å²) in [6.07, 6.45) is 1.74. The van der Waals surface area contributed by atoms with E-state index in [4.69, 9.17) is 29.6 Å². The van der Waals surface area contributed by atoms with Crippen molar-refractivity contribution in [2.75, 3.05) is 5.32 Å². The topological polar surface area (TPSA) is 72.9 Å². The van der Waals surface area contributed by atoms with E-state index in [2.05, 4.69) is 10.4 Å². The molecule has 0 aliphatic heterocycles. The number of aryl methyl sites for hydroxylation is 1. The van der Waals surface area contributed by atoms with Gasteiger partial charge in [0, 0.05) is 12.1 Å². The SMILES string of the molecule is Cn1ncc(C(N)=S)c1NC(=O)Cc1cccc(Cl)c1. The largest absolute Gasteiger partial charge is 0.389 e. The van der Waals surface area contributed by atoms with Gasteiger partial charge in [-0.25, -0.2) is 0 Å². The summed E-state index contributed by atoms with van der Waals surface area (Å²) in [6, 6.07) is 7.15. The second kappa shape index (κ2) is 6.02. The van der Waals surface area contributed by atoms with Gasteiger partial charge in [0.2, 0.25) is 5.91 Å². The lowest BCUT2D eigenvalue weighted by Crippen LogP contribution is -2.20. The molecule has 1 heterocycles. The fourth-order valence-electron chi connectivity index (χ4n) is 1.77. The molecular formula is C13H13ClN4OS. The quantitative estimate of drug-likeness (QED) is 0.846. The second-order valence-electron chi connectivity index (χ2n) is 4.25. The maximum atomic E-state index is 12.0. The predicted octanol–water partition coefficient (Wildman–Crippen LogP) is 1.89. The summed E-state index contributed by atoms with van der Waals surface area (Å²) < 4.78 is 1.52. The molecule has 7 heteroatoms. The van der Waals surface area contributed by atoms with Crippen LogP contribution < -0.4 is 11.1 Å². The maximum absolute atomic E-state index is 12.0. The third-order valence-corrected chi connectivity index (χ3v) is 3.17. The predicted molar refractivity (Wildman–Crippen MR) is 82.9 cm³/mol. The van der Waals surface area contributed by atoms with E-state index in [0.717, 1.165) is 5.56 Å². The third kappa shape index (κ3) is 3.34. The number of thiocarbonyl (C=S) groups is 1. The van der Waals surface area contributed by atoms with Gasteiger partial charge in [-0.15, -0.1) is 0 Å². The first-order valence-corrected chi connectivity index (χ1v) is 6.62. The van der Waals surface area contributed by atoms with Crippen LogP contribution in [0.15, 0.2) is 30.5 Å². The molecule has 1 aromatic heterocycles. The van der Waals surface area contributed by atoms with Crippen molar-refractivity contribution < 1.29 is 4.79 Å². The minimum atomic E-state index is -0.187. The van der Waals surface area contributed by atoms with Crippen molar-refractivity contribution in [3.63, 3.8) is 0 Å². The average molecular weight is 309 g/mol. The molecule has 2 aromatic rings. The van der Waals surface area contributed by atoms with Crippen molar-refractivity contribution in [2.24, 2.45) is 12.8 Å². The van der Waals surface area contributed by atoms with E-state index in [1.165, 1.54) is 10.9 Å². The van der Waals surface area contributed by atoms with Gasteiger partial charge in [-0.3, -0.25) is 9.48 Å². The molecule has 104 valence electrons. The minimum absolute atomic E-state index is 0.187. The summed E-state index contributed by atoms with van der Waals surface area (Å²) >= 11 is 10.8. The fourth-order valence-corrected chi connectivity index (χ4v) is 2.14. The summed E-state index contributed by atoms with van der Waals surface area (Å²) in [5.41, 5.74) is 6.96. The molecule has 0 saturated carbocycles. The molecule has 0 aliphatic carbocycles. The van der Waals surface area contributed by atoms with Gasteiger partial charge in [-0.05, 0) is 17.7 Å². The van der Waals surface area contributed by atoms with Crippen LogP contribution in [0.4, 0.5) is 5.82 Å². The molecule has 20 heavy (non-hydrogen) atoms. The smallest absolute Gasteiger partial charge is 0.229 e. The number of hydrogen-bond donors (Lipinski definition) is 2. The molecule has 0 radical (unpaired) electrons. The van der Waals surface area contributed by atoms with Crippen LogP contribution in [0.1, 0.15) is 11.1 Å². The summed E-state index contributed by atoms with van der Waals surface area (Å²) in [6.45, 7) is 0. The molecule has 0 saturated heterocycles. The van der Waals surface area contributed by atoms with E-state index < -0.39 is 0 Å². The molecule has 1 amide bonds. The number of hydrogen-bond acceptors (Lipinski definition) is 3. The van der Waals surface area contributed by atoms with E-state index in [1.807, 2.05) is 6.07 Å². The molecule has 0 fully saturated rings. The van der Waals surface area contributed by atoms with Crippen molar-refractivity contribution in [3.05, 3.63) is 46.6 Å². The van der Waals surface area contributed by atoms with E-state index in [0.29, 0.717) is 16.4 Å². The summed E-state index contributed by atoms with van der Waals surface area (Å²) in [5, 5.41) is 7.38. The van der Waals surface area contributed by atoms with E-state index in [9.17, 15) is 4.79 Å². The number of nitrogens with two attached hydrogens (primary N) is 1. The molecule has 0 spiro atoms. The summed E-state index contributed by atoms with van der Waals surface area (Å²) in [5.74, 6) is 0.304. The second-order valence-corrected chi connectivity index (χ2v) is 5.13. The first kappa shape index (κ1) is 14.5. The monoisotopic (exact) mass is 308 g/mol. The van der Waals surface area contributed by atoms with E-state index in [1.54, 1.807) is 25.2 Å². The molecule has 5 nitrogen and oxygen atoms in total. The molecule has 0 unspecified atom stereocenters. The van der Waals surface area contributed by atoms with Gasteiger partial charge in [0.1, 0.15) is 10.8 Å². The Bertz CT molecular complexity index is 668. The van der Waals surface area contributed by atoms with Gasteiger partial charge < -0.3 is 11.1 Å². The Kier molecular flexibility index (Phi) is 4.36. The van der Waals surface area contributed by atoms with Gasteiger partial charge >= 0.3 is 0 Å². The first-order valence-electron chi connectivity index (χ1n) is 5.83. The summed E-state index contributed by atoms with van der Waals surface area (Å²) in [4.78, 5) is 12.2. The van der Waals surface area contributed by atoms with Crippen LogP contribution in [0.25, 0.3) is 0 Å². The Morgan fingerprint density at radius 2 is 2.30 bits per heavy atom. The molecule has 0 aliphatic rings. The number of benzene rings is 1. The number of anilines is 1. The van der Waals surface area contributed by atoms with Crippen LogP contribution in [0.5, 0.6) is 0 Å². The lowest BCUT2D eigenvalue weighted by molar-refractivity contribution is -0.115. The fraction of sp³-hybridized carbons (Fsp3) is 0.154. The number of amides is 1. The minimum Gasteiger partial charge on any atom is -0.389 e. The Labute approximate surface area is 126 Å². The van der Waals surface area contributed by atoms with E-state index >= 15 is 0 Å². The maximum Gasteiger partial charge on any atom is 0.229 e. The van der Waals surface area contributed by atoms with Crippen molar-refractivity contribution in [1.29, 1.82) is 0 Å². The number of rotatable bonds is 4. The highest BCUT2D eigenvalue weighted by atomic mass is 35.5. The van der Waals surface area contributed by atoms with Crippen LogP contribution in [0, 0.1) is 0 Å². The zero-order valence-electron chi connectivity index (χ0n) is 10.8. The van der Waals surface area contributed by atoms with Crippen molar-refractivity contribution in [1.82, 2.24) is 9.78 Å². The Morgan fingerprint density at radius 3 is 2.95 bits per heavy atom. The lowest BCUT2D eigenvalue weighted by atomic mass is 10.1. The van der Waals surface area contributed by atoms with Crippen LogP contribution in [0.2, 0.25) is 5.02 Å². The third-order valence-electron chi connectivity index (χ3n) is 2.72.